The Hall–Kier alpha value is -1.74. The van der Waals surface area contributed by atoms with E-state index in [1.165, 1.54) is 16.5 Å². The highest BCUT2D eigenvalue weighted by molar-refractivity contribution is 9.10. The molecule has 2 aromatic carbocycles. The predicted molar refractivity (Wildman–Crippen MR) is 84.2 cm³/mol. The third kappa shape index (κ3) is 2.66. The van der Waals surface area contributed by atoms with Crippen molar-refractivity contribution in [3.63, 3.8) is 0 Å². The number of fused-ring (bicyclic) bond motifs is 1. The van der Waals surface area contributed by atoms with Crippen LogP contribution in [-0.2, 0) is 13.0 Å². The van der Waals surface area contributed by atoms with Crippen LogP contribution >= 0.6 is 15.9 Å². The lowest BCUT2D eigenvalue weighted by atomic mass is 10.1. The lowest BCUT2D eigenvalue weighted by Gasteiger charge is -2.06. The monoisotopic (exact) mass is 314 g/mol. The summed E-state index contributed by atoms with van der Waals surface area (Å²) in [5.74, 6) is 0. The van der Waals surface area contributed by atoms with E-state index in [4.69, 9.17) is 5.73 Å². The average molecular weight is 315 g/mol. The number of hydrogen-bond acceptors (Lipinski definition) is 1. The summed E-state index contributed by atoms with van der Waals surface area (Å²) >= 11 is 3.50. The first kappa shape index (κ1) is 12.3. The number of hydrogen-bond donors (Lipinski definition) is 1. The summed E-state index contributed by atoms with van der Waals surface area (Å²) in [4.78, 5) is 0. The number of anilines is 1. The molecule has 96 valence electrons. The predicted octanol–water partition coefficient (Wildman–Crippen LogP) is 4.23. The maximum atomic E-state index is 5.70. The van der Waals surface area contributed by atoms with Crippen LogP contribution in [0.4, 0.5) is 5.69 Å². The van der Waals surface area contributed by atoms with Crippen LogP contribution in [0.1, 0.15) is 5.56 Å². The number of benzene rings is 2. The maximum Gasteiger partial charge on any atom is 0.0481 e. The molecule has 19 heavy (non-hydrogen) atoms. The van der Waals surface area contributed by atoms with Crippen LogP contribution in [-0.4, -0.2) is 4.57 Å². The number of nitrogens with two attached hydrogens (primary N) is 1. The first-order valence-corrected chi connectivity index (χ1v) is 7.10. The fourth-order valence-corrected chi connectivity index (χ4v) is 2.68. The molecule has 2 N–H and O–H groups in total. The summed E-state index contributed by atoms with van der Waals surface area (Å²) in [5, 5.41) is 1.27. The molecular formula is C16H15BrN2. The highest BCUT2D eigenvalue weighted by atomic mass is 79.9. The van der Waals surface area contributed by atoms with Crippen molar-refractivity contribution >= 4 is 32.5 Å². The lowest BCUT2D eigenvalue weighted by molar-refractivity contribution is 0.723. The molecule has 0 atom stereocenters. The van der Waals surface area contributed by atoms with E-state index in [0.717, 1.165) is 23.1 Å². The van der Waals surface area contributed by atoms with E-state index in [1.807, 2.05) is 12.1 Å². The summed E-state index contributed by atoms with van der Waals surface area (Å²) in [5.41, 5.74) is 9.11. The van der Waals surface area contributed by atoms with E-state index in [-0.39, 0.29) is 0 Å². The van der Waals surface area contributed by atoms with E-state index in [1.54, 1.807) is 0 Å². The van der Waals surface area contributed by atoms with Crippen LogP contribution in [0.2, 0.25) is 0 Å². The lowest BCUT2D eigenvalue weighted by Crippen LogP contribution is -1.99. The van der Waals surface area contributed by atoms with Gasteiger partial charge in [-0.3, -0.25) is 0 Å². The van der Waals surface area contributed by atoms with E-state index < -0.39 is 0 Å². The summed E-state index contributed by atoms with van der Waals surface area (Å²) in [6.07, 6.45) is 3.16. The van der Waals surface area contributed by atoms with Gasteiger partial charge in [0.05, 0.1) is 0 Å². The van der Waals surface area contributed by atoms with Gasteiger partial charge in [-0.15, -0.1) is 0 Å². The summed E-state index contributed by atoms with van der Waals surface area (Å²) < 4.78 is 3.41. The highest BCUT2D eigenvalue weighted by Crippen LogP contribution is 2.21. The Bertz CT molecular complexity index is 698. The largest absolute Gasteiger partial charge is 0.399 e. The highest BCUT2D eigenvalue weighted by Gasteiger charge is 2.02. The van der Waals surface area contributed by atoms with Gasteiger partial charge in [-0.1, -0.05) is 28.1 Å². The van der Waals surface area contributed by atoms with Gasteiger partial charge in [0.25, 0.3) is 0 Å². The van der Waals surface area contributed by atoms with Crippen LogP contribution in [0.5, 0.6) is 0 Å². The van der Waals surface area contributed by atoms with Gasteiger partial charge < -0.3 is 10.3 Å². The van der Waals surface area contributed by atoms with E-state index in [2.05, 4.69) is 63.1 Å². The SMILES string of the molecule is Nc1ccc(CCn2ccc3cc(Br)ccc32)cc1. The molecule has 2 nitrogen and oxygen atoms in total. The molecule has 3 rings (SSSR count). The Morgan fingerprint density at radius 1 is 1.00 bits per heavy atom. The van der Waals surface area contributed by atoms with Crippen LogP contribution in [0.3, 0.4) is 0 Å². The van der Waals surface area contributed by atoms with Gasteiger partial charge in [-0.25, -0.2) is 0 Å². The number of nitrogen functional groups attached to an aromatic ring is 1. The number of halogens is 1. The summed E-state index contributed by atoms with van der Waals surface area (Å²) in [6, 6.07) is 16.7. The molecule has 0 aliphatic carbocycles. The van der Waals surface area contributed by atoms with Crippen LogP contribution in [0.25, 0.3) is 10.9 Å². The normalized spacial score (nSPS) is 11.0. The zero-order valence-corrected chi connectivity index (χ0v) is 12.1. The van der Waals surface area contributed by atoms with E-state index in [9.17, 15) is 0 Å². The third-order valence-corrected chi connectivity index (χ3v) is 3.85. The molecule has 3 aromatic rings. The van der Waals surface area contributed by atoms with Crippen molar-refractivity contribution in [3.05, 3.63) is 64.8 Å². The minimum Gasteiger partial charge on any atom is -0.399 e. The first-order valence-electron chi connectivity index (χ1n) is 6.31. The Kier molecular flexibility index (Phi) is 3.30. The molecule has 1 heterocycles. The molecular weight excluding hydrogens is 300 g/mol. The molecule has 0 spiro atoms. The van der Waals surface area contributed by atoms with Crippen LogP contribution in [0.15, 0.2) is 59.2 Å². The van der Waals surface area contributed by atoms with Crippen molar-refractivity contribution in [2.45, 2.75) is 13.0 Å². The molecule has 3 heteroatoms. The number of nitrogens with zero attached hydrogens (tertiary/aromatic N) is 1. The molecule has 1 aromatic heterocycles. The average Bonchev–Trinajstić information content (AvgIpc) is 2.80. The minimum absolute atomic E-state index is 0.819. The standard InChI is InChI=1S/C16H15BrN2/c17-14-3-6-16-13(11-14)8-10-19(16)9-7-12-1-4-15(18)5-2-12/h1-6,8,10-11H,7,9,18H2. The Morgan fingerprint density at radius 2 is 1.79 bits per heavy atom. The van der Waals surface area contributed by atoms with Crippen molar-refractivity contribution in [1.29, 1.82) is 0 Å². The molecule has 0 radical (unpaired) electrons. The van der Waals surface area contributed by atoms with Crippen molar-refractivity contribution in [2.24, 2.45) is 0 Å². The second-order valence-electron chi connectivity index (χ2n) is 4.70. The Labute approximate surface area is 121 Å². The van der Waals surface area contributed by atoms with Gasteiger partial charge in [0.2, 0.25) is 0 Å². The third-order valence-electron chi connectivity index (χ3n) is 3.35. The fraction of sp³-hybridized carbons (Fsp3) is 0.125. The molecule has 0 amide bonds. The van der Waals surface area contributed by atoms with Crippen LogP contribution < -0.4 is 5.73 Å². The van der Waals surface area contributed by atoms with E-state index in [0.29, 0.717) is 0 Å². The molecule has 0 aliphatic heterocycles. The summed E-state index contributed by atoms with van der Waals surface area (Å²) in [7, 11) is 0. The van der Waals surface area contributed by atoms with Crippen molar-refractivity contribution in [3.8, 4) is 0 Å². The second-order valence-corrected chi connectivity index (χ2v) is 5.62. The van der Waals surface area contributed by atoms with Gasteiger partial charge in [0.15, 0.2) is 0 Å². The maximum absolute atomic E-state index is 5.70. The molecule has 0 unspecified atom stereocenters. The number of aromatic nitrogens is 1. The van der Waals surface area contributed by atoms with Crippen molar-refractivity contribution in [2.75, 3.05) is 5.73 Å². The number of rotatable bonds is 3. The molecule has 0 fully saturated rings. The van der Waals surface area contributed by atoms with Crippen molar-refractivity contribution in [1.82, 2.24) is 4.57 Å². The van der Waals surface area contributed by atoms with Gasteiger partial charge >= 0.3 is 0 Å². The van der Waals surface area contributed by atoms with E-state index >= 15 is 0 Å². The Morgan fingerprint density at radius 3 is 2.58 bits per heavy atom. The fourth-order valence-electron chi connectivity index (χ4n) is 2.30. The van der Waals surface area contributed by atoms with Crippen LogP contribution in [0, 0.1) is 0 Å². The number of aryl methyl sites for hydroxylation is 2. The van der Waals surface area contributed by atoms with Gasteiger partial charge in [-0.05, 0) is 48.4 Å². The molecule has 0 saturated carbocycles. The summed E-state index contributed by atoms with van der Waals surface area (Å²) in [6.45, 7) is 0.981. The van der Waals surface area contributed by atoms with Gasteiger partial charge in [0, 0.05) is 33.8 Å². The van der Waals surface area contributed by atoms with Gasteiger partial charge in [-0.2, -0.15) is 0 Å². The molecule has 0 aliphatic rings. The first-order chi connectivity index (χ1) is 9.22. The zero-order chi connectivity index (χ0) is 13.2. The van der Waals surface area contributed by atoms with Crippen molar-refractivity contribution < 1.29 is 0 Å². The molecule has 0 saturated heterocycles. The zero-order valence-electron chi connectivity index (χ0n) is 10.5. The Balaban J connectivity index is 1.80. The minimum atomic E-state index is 0.819. The molecule has 0 bridgehead atoms. The second kappa shape index (κ2) is 5.10. The quantitative estimate of drug-likeness (QED) is 0.721. The smallest absolute Gasteiger partial charge is 0.0481 e. The van der Waals surface area contributed by atoms with Gasteiger partial charge in [0.1, 0.15) is 0 Å². The topological polar surface area (TPSA) is 30.9 Å².